The number of aromatic hydroxyl groups is 1. The summed E-state index contributed by atoms with van der Waals surface area (Å²) in [5.41, 5.74) is 3.82. The van der Waals surface area contributed by atoms with Gasteiger partial charge in [0, 0.05) is 36.7 Å². The summed E-state index contributed by atoms with van der Waals surface area (Å²) in [7, 11) is 1.76. The first kappa shape index (κ1) is 28.8. The van der Waals surface area contributed by atoms with Crippen molar-refractivity contribution in [3.8, 4) is 17.2 Å². The lowest BCUT2D eigenvalue weighted by molar-refractivity contribution is -0.274. The van der Waals surface area contributed by atoms with E-state index >= 15 is 0 Å². The normalized spacial score (nSPS) is 27.1. The maximum atomic E-state index is 13.5. The van der Waals surface area contributed by atoms with E-state index in [1.54, 1.807) is 24.1 Å². The average molecular weight is 605 g/mol. The van der Waals surface area contributed by atoms with Gasteiger partial charge in [-0.2, -0.15) is 0 Å². The van der Waals surface area contributed by atoms with E-state index in [0.29, 0.717) is 23.3 Å². The third-order valence-electron chi connectivity index (χ3n) is 10.3. The number of alkyl halides is 3. The third kappa shape index (κ3) is 4.91. The Labute approximate surface area is 254 Å². The Hall–Kier alpha value is -3.98. The number of likely N-dealkylation sites (N-methyl/N-ethyl adjacent to an activating group) is 1. The molecule has 3 aromatic rings. The highest BCUT2D eigenvalue weighted by Crippen LogP contribution is 2.64. The predicted octanol–water partition coefficient (Wildman–Crippen LogP) is 6.11. The maximum absolute atomic E-state index is 13.5. The van der Waals surface area contributed by atoms with E-state index in [1.165, 1.54) is 41.5 Å². The molecule has 6 nitrogen and oxygen atoms in total. The van der Waals surface area contributed by atoms with E-state index in [1.807, 2.05) is 12.1 Å². The quantitative estimate of drug-likeness (QED) is 0.330. The van der Waals surface area contributed by atoms with Gasteiger partial charge >= 0.3 is 6.36 Å². The molecule has 1 amide bonds. The molecular formula is C35H35F3N2O4. The molecule has 2 fully saturated rings. The zero-order valence-electron chi connectivity index (χ0n) is 24.5. The molecule has 5 atom stereocenters. The SMILES string of the molecule is CN(C(=O)/C=C/c1cccc(OC(F)(F)F)c1)C1CC[C@H]2[C@H]3Cc4ccc(O)c5c4[C@@]2(CCN3CCc2ccccc2)C1O5. The van der Waals surface area contributed by atoms with Crippen molar-refractivity contribution in [2.75, 3.05) is 20.1 Å². The van der Waals surface area contributed by atoms with Crippen molar-refractivity contribution in [1.29, 1.82) is 0 Å². The van der Waals surface area contributed by atoms with Gasteiger partial charge in [-0.05, 0) is 85.5 Å². The van der Waals surface area contributed by atoms with Gasteiger partial charge in [0.1, 0.15) is 11.9 Å². The summed E-state index contributed by atoms with van der Waals surface area (Å²) in [5, 5.41) is 10.9. The highest BCUT2D eigenvalue weighted by molar-refractivity contribution is 5.92. The van der Waals surface area contributed by atoms with E-state index in [0.717, 1.165) is 50.8 Å². The van der Waals surface area contributed by atoms with Crippen molar-refractivity contribution < 1.29 is 32.5 Å². The first-order valence-electron chi connectivity index (χ1n) is 15.2. The number of nitrogens with zero attached hydrogens (tertiary/aromatic N) is 2. The molecule has 1 spiro atoms. The second kappa shape index (κ2) is 10.9. The summed E-state index contributed by atoms with van der Waals surface area (Å²) in [5.74, 6) is 0.457. The molecule has 1 saturated heterocycles. The zero-order chi connectivity index (χ0) is 30.6. The van der Waals surface area contributed by atoms with Crippen LogP contribution in [0.3, 0.4) is 0 Å². The van der Waals surface area contributed by atoms with Crippen LogP contribution in [0.25, 0.3) is 6.08 Å². The number of rotatable bonds is 7. The van der Waals surface area contributed by atoms with Crippen molar-refractivity contribution in [3.63, 3.8) is 0 Å². The van der Waals surface area contributed by atoms with Gasteiger partial charge in [-0.25, -0.2) is 0 Å². The van der Waals surface area contributed by atoms with Crippen LogP contribution in [0.5, 0.6) is 17.2 Å². The minimum atomic E-state index is -4.79. The molecule has 2 aliphatic heterocycles. The molecule has 2 aliphatic carbocycles. The standard InChI is InChI=1S/C35H35F3N2O4/c1-39(30(42)15-10-23-8-5-9-25(20-23)44-35(36,37)38)27-13-12-26-28-21-24-11-14-29(41)32-31(24)34(26,33(27)43-32)17-19-40(28)18-16-22-6-3-2-4-7-22/h2-11,14-15,20,26-28,33,41H,12-13,16-19,21H2,1H3/b15-10+/t26-,27?,28+,33?,34-/m0/s1. The Bertz CT molecular complexity index is 1590. The smallest absolute Gasteiger partial charge is 0.504 e. The molecule has 9 heteroatoms. The fourth-order valence-corrected chi connectivity index (χ4v) is 8.45. The number of amides is 1. The summed E-state index contributed by atoms with van der Waals surface area (Å²) in [6.07, 6.45) is 2.28. The van der Waals surface area contributed by atoms with E-state index in [4.69, 9.17) is 4.74 Å². The van der Waals surface area contributed by atoms with Crippen molar-refractivity contribution in [1.82, 2.24) is 9.80 Å². The molecule has 2 heterocycles. The molecule has 230 valence electrons. The van der Waals surface area contributed by atoms with Crippen LogP contribution in [-0.4, -0.2) is 65.5 Å². The Kier molecular flexibility index (Phi) is 7.11. The van der Waals surface area contributed by atoms with E-state index < -0.39 is 6.36 Å². The highest BCUT2D eigenvalue weighted by Gasteiger charge is 2.66. The Morgan fingerprint density at radius 2 is 1.95 bits per heavy atom. The number of hydrogen-bond acceptors (Lipinski definition) is 5. The number of likely N-dealkylation sites (tertiary alicyclic amines) is 1. The van der Waals surface area contributed by atoms with Crippen LogP contribution in [0.4, 0.5) is 13.2 Å². The highest BCUT2D eigenvalue weighted by atomic mass is 19.4. The molecular weight excluding hydrogens is 569 g/mol. The van der Waals surface area contributed by atoms with Gasteiger partial charge in [0.05, 0.1) is 6.04 Å². The van der Waals surface area contributed by atoms with Crippen molar-refractivity contribution >= 4 is 12.0 Å². The van der Waals surface area contributed by atoms with E-state index in [9.17, 15) is 23.1 Å². The Balaban J connectivity index is 1.14. The van der Waals surface area contributed by atoms with Gasteiger partial charge in [0.15, 0.2) is 11.5 Å². The summed E-state index contributed by atoms with van der Waals surface area (Å²) in [6.45, 7) is 1.90. The summed E-state index contributed by atoms with van der Waals surface area (Å²) in [6, 6.07) is 20.0. The molecule has 3 aromatic carbocycles. The molecule has 0 radical (unpaired) electrons. The molecule has 0 aromatic heterocycles. The number of carbonyl (C=O) groups excluding carboxylic acids is 1. The molecule has 44 heavy (non-hydrogen) atoms. The Morgan fingerprint density at radius 3 is 2.75 bits per heavy atom. The Morgan fingerprint density at radius 1 is 1.14 bits per heavy atom. The lowest BCUT2D eigenvalue weighted by Crippen LogP contribution is -2.69. The summed E-state index contributed by atoms with van der Waals surface area (Å²) < 4.78 is 48.7. The van der Waals surface area contributed by atoms with Gasteiger partial charge in [0.2, 0.25) is 5.91 Å². The number of hydrogen-bond donors (Lipinski definition) is 1. The first-order valence-corrected chi connectivity index (χ1v) is 15.2. The second-order valence-corrected chi connectivity index (χ2v) is 12.5. The van der Waals surface area contributed by atoms with Gasteiger partial charge in [-0.3, -0.25) is 9.69 Å². The van der Waals surface area contributed by atoms with Crippen LogP contribution in [0, 0.1) is 5.92 Å². The van der Waals surface area contributed by atoms with Gasteiger partial charge in [-0.15, -0.1) is 13.2 Å². The van der Waals surface area contributed by atoms with Gasteiger partial charge in [0.25, 0.3) is 0 Å². The van der Waals surface area contributed by atoms with Crippen LogP contribution < -0.4 is 9.47 Å². The van der Waals surface area contributed by atoms with Crippen LogP contribution in [0.1, 0.15) is 41.5 Å². The molecule has 1 saturated carbocycles. The lowest BCUT2D eigenvalue weighted by Gasteiger charge is -2.60. The predicted molar refractivity (Wildman–Crippen MR) is 159 cm³/mol. The summed E-state index contributed by atoms with van der Waals surface area (Å²) >= 11 is 0. The van der Waals surface area contributed by atoms with Crippen LogP contribution in [-0.2, 0) is 23.1 Å². The maximum Gasteiger partial charge on any atom is 0.573 e. The first-order chi connectivity index (χ1) is 21.1. The molecule has 7 rings (SSSR count). The van der Waals surface area contributed by atoms with Crippen molar-refractivity contribution in [2.45, 2.75) is 62.1 Å². The minimum absolute atomic E-state index is 0.143. The number of benzene rings is 3. The van der Waals surface area contributed by atoms with E-state index in [2.05, 4.69) is 33.9 Å². The number of halogens is 3. The summed E-state index contributed by atoms with van der Waals surface area (Å²) in [4.78, 5) is 17.8. The monoisotopic (exact) mass is 604 g/mol. The zero-order valence-corrected chi connectivity index (χ0v) is 24.5. The number of piperidine rings is 1. The minimum Gasteiger partial charge on any atom is -0.504 e. The van der Waals surface area contributed by atoms with Crippen LogP contribution in [0.15, 0.2) is 72.8 Å². The number of phenols is 1. The molecule has 2 unspecified atom stereocenters. The second-order valence-electron chi connectivity index (χ2n) is 12.5. The molecule has 2 bridgehead atoms. The van der Waals surface area contributed by atoms with Gasteiger partial charge < -0.3 is 19.5 Å². The largest absolute Gasteiger partial charge is 0.573 e. The number of ether oxygens (including phenoxy) is 2. The number of carbonyl (C=O) groups is 1. The van der Waals surface area contributed by atoms with Crippen molar-refractivity contribution in [2.24, 2.45) is 5.92 Å². The van der Waals surface area contributed by atoms with E-state index in [-0.39, 0.29) is 35.0 Å². The van der Waals surface area contributed by atoms with Crippen LogP contribution >= 0.6 is 0 Å². The van der Waals surface area contributed by atoms with Crippen LogP contribution in [0.2, 0.25) is 0 Å². The molecule has 4 aliphatic rings. The fourth-order valence-electron chi connectivity index (χ4n) is 8.45. The van der Waals surface area contributed by atoms with Crippen molar-refractivity contribution in [3.05, 3.63) is 95.1 Å². The lowest BCUT2D eigenvalue weighted by atomic mass is 9.51. The average Bonchev–Trinajstić information content (AvgIpc) is 3.35. The molecule has 1 N–H and O–H groups in total. The third-order valence-corrected chi connectivity index (χ3v) is 10.3. The fraction of sp³-hybridized carbons (Fsp3) is 0.400. The van der Waals surface area contributed by atoms with Gasteiger partial charge in [-0.1, -0.05) is 48.5 Å². The number of phenolic OH excluding ortho intramolecular Hbond substituents is 1. The topological polar surface area (TPSA) is 62.2 Å².